The Hall–Kier alpha value is -1.44. The molecule has 0 spiro atoms. The van der Waals surface area contributed by atoms with Crippen molar-refractivity contribution < 1.29 is 24.2 Å². The number of amides is 2. The van der Waals surface area contributed by atoms with Gasteiger partial charge in [0.2, 0.25) is 5.91 Å². The fraction of sp³-hybridized carbons (Fsp3) is 0.727. The average Bonchev–Trinajstić information content (AvgIpc) is 2.38. The molecule has 0 aromatic heterocycles. The Morgan fingerprint density at radius 1 is 1.11 bits per heavy atom. The molecule has 0 aromatic carbocycles. The van der Waals surface area contributed by atoms with Crippen molar-refractivity contribution in [2.75, 3.05) is 44.3 Å². The number of nitrogens with zero attached hydrogens (tertiary/aromatic N) is 2. The largest absolute Gasteiger partial charge is 0.481 e. The second kappa shape index (κ2) is 7.88. The molecule has 1 saturated heterocycles. The van der Waals surface area contributed by atoms with Gasteiger partial charge in [0.05, 0.1) is 18.1 Å². The topological polar surface area (TPSA) is 87.2 Å². The Labute approximate surface area is 115 Å². The molecule has 2 amide bonds. The minimum absolute atomic E-state index is 0.0749. The first-order valence-corrected chi connectivity index (χ1v) is 7.19. The molecule has 1 N–H and O–H groups in total. The lowest BCUT2D eigenvalue weighted by Gasteiger charge is -2.34. The molecule has 0 aliphatic carbocycles. The molecular weight excluding hydrogens is 272 g/mol. The number of carboxylic acids is 1. The molecule has 1 heterocycles. The highest BCUT2D eigenvalue weighted by atomic mass is 32.2. The Kier molecular flexibility index (Phi) is 6.48. The van der Waals surface area contributed by atoms with E-state index in [0.717, 1.165) is 11.8 Å². The van der Waals surface area contributed by atoms with Crippen molar-refractivity contribution in [2.45, 2.75) is 6.92 Å². The third-order valence-electron chi connectivity index (χ3n) is 2.61. The van der Waals surface area contributed by atoms with E-state index in [9.17, 15) is 14.4 Å². The maximum absolute atomic E-state index is 11.8. The summed E-state index contributed by atoms with van der Waals surface area (Å²) >= 11 is 1.08. The van der Waals surface area contributed by atoms with E-state index in [1.807, 2.05) is 0 Å². The number of thioether (sulfide) groups is 1. The van der Waals surface area contributed by atoms with Crippen LogP contribution >= 0.6 is 11.8 Å². The van der Waals surface area contributed by atoms with Gasteiger partial charge < -0.3 is 19.6 Å². The molecule has 0 saturated carbocycles. The third-order valence-corrected chi connectivity index (χ3v) is 3.51. The lowest BCUT2D eigenvalue weighted by molar-refractivity contribution is -0.133. The van der Waals surface area contributed by atoms with E-state index >= 15 is 0 Å². The van der Waals surface area contributed by atoms with Crippen molar-refractivity contribution in [3.8, 4) is 0 Å². The zero-order chi connectivity index (χ0) is 14.3. The molecule has 0 aromatic rings. The summed E-state index contributed by atoms with van der Waals surface area (Å²) in [7, 11) is 0. The minimum atomic E-state index is -0.926. The average molecular weight is 290 g/mol. The normalized spacial score (nSPS) is 15.2. The van der Waals surface area contributed by atoms with Crippen LogP contribution in [0.15, 0.2) is 0 Å². The Bertz CT molecular complexity index is 342. The second-order valence-corrected chi connectivity index (χ2v) is 4.94. The van der Waals surface area contributed by atoms with Gasteiger partial charge in [-0.1, -0.05) is 0 Å². The van der Waals surface area contributed by atoms with Crippen LogP contribution in [0.2, 0.25) is 0 Å². The minimum Gasteiger partial charge on any atom is -0.481 e. The summed E-state index contributed by atoms with van der Waals surface area (Å²) in [5.74, 6) is -0.931. The van der Waals surface area contributed by atoms with Gasteiger partial charge in [-0.05, 0) is 6.92 Å². The van der Waals surface area contributed by atoms with Crippen LogP contribution in [0.5, 0.6) is 0 Å². The van der Waals surface area contributed by atoms with Crippen molar-refractivity contribution in [1.82, 2.24) is 9.80 Å². The highest BCUT2D eigenvalue weighted by molar-refractivity contribution is 8.00. The van der Waals surface area contributed by atoms with E-state index in [-0.39, 0.29) is 23.5 Å². The van der Waals surface area contributed by atoms with Crippen LogP contribution in [0.25, 0.3) is 0 Å². The number of hydrogen-bond acceptors (Lipinski definition) is 5. The number of rotatable bonds is 5. The molecular formula is C11H18N2O5S. The molecule has 1 fully saturated rings. The number of aliphatic carboxylic acids is 1. The van der Waals surface area contributed by atoms with Crippen LogP contribution in [0.3, 0.4) is 0 Å². The van der Waals surface area contributed by atoms with E-state index in [0.29, 0.717) is 32.8 Å². The Morgan fingerprint density at radius 3 is 2.21 bits per heavy atom. The SMILES string of the molecule is CCOC(=O)N1CCN(C(=O)CSCC(=O)O)CC1. The van der Waals surface area contributed by atoms with Crippen LogP contribution in [-0.4, -0.2) is 77.2 Å². The summed E-state index contributed by atoms with van der Waals surface area (Å²) in [5.41, 5.74) is 0. The quantitative estimate of drug-likeness (QED) is 0.773. The standard InChI is InChI=1S/C11H18N2O5S/c1-2-18-11(17)13-5-3-12(4-6-13)9(14)7-19-8-10(15)16/h2-8H2,1H3,(H,15,16). The molecule has 1 rings (SSSR count). The molecule has 0 bridgehead atoms. The fourth-order valence-electron chi connectivity index (χ4n) is 1.67. The first-order valence-electron chi connectivity index (χ1n) is 6.03. The van der Waals surface area contributed by atoms with E-state index in [1.54, 1.807) is 16.7 Å². The monoisotopic (exact) mass is 290 g/mol. The van der Waals surface area contributed by atoms with E-state index in [2.05, 4.69) is 0 Å². The van der Waals surface area contributed by atoms with E-state index < -0.39 is 5.97 Å². The van der Waals surface area contributed by atoms with Gasteiger partial charge in [0.1, 0.15) is 0 Å². The molecule has 8 heteroatoms. The Balaban J connectivity index is 2.27. The number of carbonyl (C=O) groups excluding carboxylic acids is 2. The maximum atomic E-state index is 11.8. The van der Waals surface area contributed by atoms with Crippen molar-refractivity contribution in [2.24, 2.45) is 0 Å². The van der Waals surface area contributed by atoms with Crippen molar-refractivity contribution in [1.29, 1.82) is 0 Å². The molecule has 19 heavy (non-hydrogen) atoms. The first kappa shape index (κ1) is 15.6. The predicted octanol–water partition coefficient (Wildman–Crippen LogP) is 0.105. The number of hydrogen-bond donors (Lipinski definition) is 1. The van der Waals surface area contributed by atoms with Crippen LogP contribution < -0.4 is 0 Å². The molecule has 0 unspecified atom stereocenters. The zero-order valence-electron chi connectivity index (χ0n) is 10.8. The van der Waals surface area contributed by atoms with E-state index in [1.165, 1.54) is 0 Å². The van der Waals surface area contributed by atoms with Gasteiger partial charge in [-0.2, -0.15) is 0 Å². The molecule has 1 aliphatic rings. The van der Waals surface area contributed by atoms with Crippen LogP contribution in [0.4, 0.5) is 4.79 Å². The predicted molar refractivity (Wildman–Crippen MR) is 70.1 cm³/mol. The number of carbonyl (C=O) groups is 3. The van der Waals surface area contributed by atoms with E-state index in [4.69, 9.17) is 9.84 Å². The summed E-state index contributed by atoms with van der Waals surface area (Å²) < 4.78 is 4.88. The number of ether oxygens (including phenoxy) is 1. The first-order chi connectivity index (χ1) is 9.04. The summed E-state index contributed by atoms with van der Waals surface area (Å²) in [6.07, 6.45) is -0.352. The number of piperazine rings is 1. The number of carboxylic acid groups (broad SMARTS) is 1. The summed E-state index contributed by atoms with van der Waals surface area (Å²) in [6, 6.07) is 0. The van der Waals surface area contributed by atoms with Crippen molar-refractivity contribution in [3.63, 3.8) is 0 Å². The van der Waals surface area contributed by atoms with Crippen molar-refractivity contribution >= 4 is 29.7 Å². The zero-order valence-corrected chi connectivity index (χ0v) is 11.6. The van der Waals surface area contributed by atoms with Gasteiger partial charge in [0.15, 0.2) is 0 Å². The maximum Gasteiger partial charge on any atom is 0.409 e. The summed E-state index contributed by atoms with van der Waals surface area (Å²) in [4.78, 5) is 36.8. The molecule has 7 nitrogen and oxygen atoms in total. The molecule has 0 radical (unpaired) electrons. The van der Waals surface area contributed by atoms with Gasteiger partial charge in [0.25, 0.3) is 0 Å². The summed E-state index contributed by atoms with van der Waals surface area (Å²) in [6.45, 7) is 3.92. The lowest BCUT2D eigenvalue weighted by atomic mass is 10.3. The lowest BCUT2D eigenvalue weighted by Crippen LogP contribution is -2.51. The highest BCUT2D eigenvalue weighted by Gasteiger charge is 2.24. The van der Waals surface area contributed by atoms with Crippen molar-refractivity contribution in [3.05, 3.63) is 0 Å². The van der Waals surface area contributed by atoms with Gasteiger partial charge in [-0.3, -0.25) is 9.59 Å². The fourth-order valence-corrected chi connectivity index (χ4v) is 2.30. The van der Waals surface area contributed by atoms with Gasteiger partial charge in [-0.25, -0.2) is 4.79 Å². The van der Waals surface area contributed by atoms with Gasteiger partial charge in [-0.15, -0.1) is 11.8 Å². The van der Waals surface area contributed by atoms with Crippen LogP contribution in [0, 0.1) is 0 Å². The third kappa shape index (κ3) is 5.37. The molecule has 1 aliphatic heterocycles. The molecule has 0 atom stereocenters. The molecule has 108 valence electrons. The van der Waals surface area contributed by atoms with Gasteiger partial charge >= 0.3 is 12.1 Å². The second-order valence-electron chi connectivity index (χ2n) is 3.95. The van der Waals surface area contributed by atoms with Crippen LogP contribution in [0.1, 0.15) is 6.92 Å². The van der Waals surface area contributed by atoms with Crippen LogP contribution in [-0.2, 0) is 14.3 Å². The highest BCUT2D eigenvalue weighted by Crippen LogP contribution is 2.07. The Morgan fingerprint density at radius 2 is 1.68 bits per heavy atom. The summed E-state index contributed by atoms with van der Waals surface area (Å²) in [5, 5.41) is 8.48. The smallest absolute Gasteiger partial charge is 0.409 e. The van der Waals surface area contributed by atoms with Gasteiger partial charge in [0, 0.05) is 26.2 Å².